The maximum absolute atomic E-state index is 13.2. The topological polar surface area (TPSA) is 81.5 Å². The van der Waals surface area contributed by atoms with E-state index in [1.54, 1.807) is 6.20 Å². The number of amides is 1. The van der Waals surface area contributed by atoms with E-state index in [1.165, 1.54) is 0 Å². The Morgan fingerprint density at radius 3 is 2.59 bits per heavy atom. The summed E-state index contributed by atoms with van der Waals surface area (Å²) in [6.07, 6.45) is 5.98. The van der Waals surface area contributed by atoms with Crippen LogP contribution in [-0.4, -0.2) is 48.0 Å². The average Bonchev–Trinajstić information content (AvgIpc) is 3.27. The van der Waals surface area contributed by atoms with Gasteiger partial charge in [-0.15, -0.1) is 0 Å². The van der Waals surface area contributed by atoms with Crippen LogP contribution in [-0.2, 0) is 31.7 Å². The second-order valence-electron chi connectivity index (χ2n) is 9.39. The van der Waals surface area contributed by atoms with Gasteiger partial charge in [0.1, 0.15) is 0 Å². The first kappa shape index (κ1) is 23.0. The van der Waals surface area contributed by atoms with Crippen molar-refractivity contribution in [1.82, 2.24) is 14.5 Å². The molecule has 2 aliphatic rings. The average molecular weight is 460 g/mol. The summed E-state index contributed by atoms with van der Waals surface area (Å²) in [4.78, 5) is 19.2. The summed E-state index contributed by atoms with van der Waals surface area (Å²) < 4.78 is 34.1. The molecule has 1 aromatic carbocycles. The molecule has 2 aromatic rings. The number of carbonyl (C=O) groups excluding carboxylic acids is 1. The largest absolute Gasteiger partial charge is 0.376 e. The Bertz CT molecular complexity index is 1020. The van der Waals surface area contributed by atoms with E-state index in [2.05, 4.69) is 4.98 Å². The van der Waals surface area contributed by atoms with E-state index in [1.807, 2.05) is 53.6 Å². The van der Waals surface area contributed by atoms with Crippen molar-refractivity contribution in [1.29, 1.82) is 0 Å². The summed E-state index contributed by atoms with van der Waals surface area (Å²) in [5.41, 5.74) is 1.53. The SMILES string of the molecule is CC(C)CC(=O)N(Cc1cnc(S(=O)(=O)Cc2ccccc2)n1C1CC1)C[C@@H]1CCCO1. The van der Waals surface area contributed by atoms with Crippen LogP contribution in [0.15, 0.2) is 41.7 Å². The molecule has 2 heterocycles. The molecule has 0 spiro atoms. The van der Waals surface area contributed by atoms with E-state index in [4.69, 9.17) is 4.74 Å². The minimum atomic E-state index is -3.60. The maximum Gasteiger partial charge on any atom is 0.228 e. The number of hydrogen-bond acceptors (Lipinski definition) is 5. The number of nitrogens with zero attached hydrogens (tertiary/aromatic N) is 3. The minimum Gasteiger partial charge on any atom is -0.376 e. The van der Waals surface area contributed by atoms with E-state index in [0.29, 0.717) is 19.5 Å². The highest BCUT2D eigenvalue weighted by atomic mass is 32.2. The van der Waals surface area contributed by atoms with Crippen LogP contribution >= 0.6 is 0 Å². The number of carbonyl (C=O) groups is 1. The zero-order valence-corrected chi connectivity index (χ0v) is 19.8. The summed E-state index contributed by atoms with van der Waals surface area (Å²) >= 11 is 0. The van der Waals surface area contributed by atoms with Gasteiger partial charge in [0.2, 0.25) is 20.9 Å². The predicted molar refractivity (Wildman–Crippen MR) is 122 cm³/mol. The van der Waals surface area contributed by atoms with Crippen LogP contribution in [0, 0.1) is 5.92 Å². The van der Waals surface area contributed by atoms with Crippen molar-refractivity contribution in [3.63, 3.8) is 0 Å². The first-order chi connectivity index (χ1) is 15.3. The highest BCUT2D eigenvalue weighted by molar-refractivity contribution is 7.90. The molecule has 1 aliphatic heterocycles. The second kappa shape index (κ2) is 9.75. The number of ether oxygens (including phenoxy) is 1. The Kier molecular flexibility index (Phi) is 7.00. The van der Waals surface area contributed by atoms with E-state index in [-0.39, 0.29) is 34.9 Å². The normalized spacial score (nSPS) is 18.9. The molecule has 174 valence electrons. The van der Waals surface area contributed by atoms with Crippen LogP contribution in [0.3, 0.4) is 0 Å². The number of benzene rings is 1. The highest BCUT2D eigenvalue weighted by Crippen LogP contribution is 2.39. The van der Waals surface area contributed by atoms with Crippen LogP contribution in [0.1, 0.15) is 63.3 Å². The lowest BCUT2D eigenvalue weighted by Gasteiger charge is -2.27. The third kappa shape index (κ3) is 5.59. The van der Waals surface area contributed by atoms with Crippen LogP contribution in [0.25, 0.3) is 0 Å². The molecule has 0 unspecified atom stereocenters. The van der Waals surface area contributed by atoms with Gasteiger partial charge in [-0.2, -0.15) is 0 Å². The van der Waals surface area contributed by atoms with Gasteiger partial charge in [-0.1, -0.05) is 44.2 Å². The molecule has 0 N–H and O–H groups in total. The zero-order chi connectivity index (χ0) is 22.7. The molecule has 0 bridgehead atoms. The third-order valence-electron chi connectivity index (χ3n) is 5.97. The summed E-state index contributed by atoms with van der Waals surface area (Å²) in [5.74, 6) is 0.250. The number of rotatable bonds is 10. The molecule has 1 aromatic heterocycles. The summed E-state index contributed by atoms with van der Waals surface area (Å²) in [5, 5.41) is 0.118. The first-order valence-corrected chi connectivity index (χ1v) is 13.2. The fraction of sp³-hybridized carbons (Fsp3) is 0.583. The fourth-order valence-electron chi connectivity index (χ4n) is 4.27. The number of aromatic nitrogens is 2. The van der Waals surface area contributed by atoms with Crippen molar-refractivity contribution >= 4 is 15.7 Å². The summed E-state index contributed by atoms with van der Waals surface area (Å²) in [6.45, 7) is 5.69. The molecule has 32 heavy (non-hydrogen) atoms. The Morgan fingerprint density at radius 1 is 1.22 bits per heavy atom. The van der Waals surface area contributed by atoms with Gasteiger partial charge in [-0.25, -0.2) is 13.4 Å². The zero-order valence-electron chi connectivity index (χ0n) is 18.9. The second-order valence-corrected chi connectivity index (χ2v) is 11.3. The third-order valence-corrected chi connectivity index (χ3v) is 7.54. The van der Waals surface area contributed by atoms with Gasteiger partial charge in [0, 0.05) is 25.6 Å². The molecule has 1 saturated carbocycles. The Hall–Kier alpha value is -2.19. The van der Waals surface area contributed by atoms with Crippen molar-refractivity contribution in [2.75, 3.05) is 13.2 Å². The van der Waals surface area contributed by atoms with Gasteiger partial charge >= 0.3 is 0 Å². The fourth-order valence-corrected chi connectivity index (χ4v) is 5.81. The minimum absolute atomic E-state index is 0.0460. The summed E-state index contributed by atoms with van der Waals surface area (Å²) in [6, 6.07) is 9.32. The van der Waals surface area contributed by atoms with Gasteiger partial charge < -0.3 is 14.2 Å². The molecular weight excluding hydrogens is 426 g/mol. The predicted octanol–water partition coefficient (Wildman–Crippen LogP) is 3.75. The molecule has 4 rings (SSSR count). The quantitative estimate of drug-likeness (QED) is 0.541. The van der Waals surface area contributed by atoms with Crippen LogP contribution < -0.4 is 0 Å². The number of sulfone groups is 1. The van der Waals surface area contributed by atoms with E-state index in [0.717, 1.165) is 43.5 Å². The summed E-state index contributed by atoms with van der Waals surface area (Å²) in [7, 11) is -3.60. The van der Waals surface area contributed by atoms with E-state index in [9.17, 15) is 13.2 Å². The molecule has 8 heteroatoms. The van der Waals surface area contributed by atoms with E-state index >= 15 is 0 Å². The van der Waals surface area contributed by atoms with Crippen LogP contribution in [0.2, 0.25) is 0 Å². The highest BCUT2D eigenvalue weighted by Gasteiger charge is 2.34. The van der Waals surface area contributed by atoms with Gasteiger partial charge in [0.15, 0.2) is 0 Å². The van der Waals surface area contributed by atoms with Crippen molar-refractivity contribution in [2.45, 2.75) is 75.6 Å². The van der Waals surface area contributed by atoms with Crippen molar-refractivity contribution in [2.24, 2.45) is 5.92 Å². The van der Waals surface area contributed by atoms with Crippen molar-refractivity contribution < 1.29 is 17.9 Å². The van der Waals surface area contributed by atoms with Gasteiger partial charge in [-0.3, -0.25) is 4.79 Å². The van der Waals surface area contributed by atoms with Crippen molar-refractivity contribution in [3.8, 4) is 0 Å². The first-order valence-electron chi connectivity index (χ1n) is 11.6. The lowest BCUT2D eigenvalue weighted by molar-refractivity contribution is -0.134. The maximum atomic E-state index is 13.2. The molecule has 2 fully saturated rings. The van der Waals surface area contributed by atoms with E-state index < -0.39 is 9.84 Å². The molecular formula is C24H33N3O4S. The molecule has 1 saturated heterocycles. The number of hydrogen-bond donors (Lipinski definition) is 0. The number of imidazole rings is 1. The molecule has 1 atom stereocenters. The Morgan fingerprint density at radius 2 is 1.97 bits per heavy atom. The monoisotopic (exact) mass is 459 g/mol. The van der Waals surface area contributed by atoms with Gasteiger partial charge in [-0.05, 0) is 37.2 Å². The Labute approximate surface area is 190 Å². The van der Waals surface area contributed by atoms with Gasteiger partial charge in [0.05, 0.1) is 30.3 Å². The molecule has 0 radical (unpaired) electrons. The molecule has 1 aliphatic carbocycles. The molecule has 7 nitrogen and oxygen atoms in total. The lowest BCUT2D eigenvalue weighted by atomic mass is 10.1. The van der Waals surface area contributed by atoms with Crippen LogP contribution in [0.4, 0.5) is 0 Å². The molecule has 1 amide bonds. The lowest BCUT2D eigenvalue weighted by Crippen LogP contribution is -2.38. The Balaban J connectivity index is 1.59. The van der Waals surface area contributed by atoms with Gasteiger partial charge in [0.25, 0.3) is 0 Å². The van der Waals surface area contributed by atoms with Crippen LogP contribution in [0.5, 0.6) is 0 Å². The standard InChI is InChI=1S/C24H33N3O4S/c1-18(2)13-23(28)26(16-22-9-6-12-31-22)15-21-14-25-24(27(21)20-10-11-20)32(29,30)17-19-7-4-3-5-8-19/h3-5,7-8,14,18,20,22H,6,9-13,15-17H2,1-2H3/t22-/m0/s1. The van der Waals surface area contributed by atoms with Crippen molar-refractivity contribution in [3.05, 3.63) is 47.8 Å². The smallest absolute Gasteiger partial charge is 0.228 e.